The third kappa shape index (κ3) is 4.22. The van der Waals surface area contributed by atoms with Crippen molar-refractivity contribution in [1.82, 2.24) is 0 Å². The molecule has 0 saturated heterocycles. The lowest BCUT2D eigenvalue weighted by Crippen LogP contribution is -2.21. The van der Waals surface area contributed by atoms with Gasteiger partial charge in [-0.1, -0.05) is 24.8 Å². The summed E-state index contributed by atoms with van der Waals surface area (Å²) in [5, 5.41) is 8.85. The summed E-state index contributed by atoms with van der Waals surface area (Å²) in [5.41, 5.74) is -2.83. The van der Waals surface area contributed by atoms with Gasteiger partial charge in [-0.05, 0) is 26.3 Å². The van der Waals surface area contributed by atoms with Crippen LogP contribution in [0.25, 0.3) is 0 Å². The molecule has 0 radical (unpaired) electrons. The Labute approximate surface area is 114 Å². The molecule has 0 bridgehead atoms. The number of carboxylic acid groups (broad SMARTS) is 1. The average Bonchev–Trinajstić information content (AvgIpc) is 2.26. The summed E-state index contributed by atoms with van der Waals surface area (Å²) < 4.78 is 38.9. The maximum Gasteiger partial charge on any atom is 0.417 e. The fourth-order valence-electron chi connectivity index (χ4n) is 1.52. The highest BCUT2D eigenvalue weighted by Gasteiger charge is 2.37. The van der Waals surface area contributed by atoms with Crippen molar-refractivity contribution in [2.75, 3.05) is 0 Å². The summed E-state index contributed by atoms with van der Waals surface area (Å²) in [6, 6.07) is 0. The van der Waals surface area contributed by atoms with Crippen LogP contribution in [0, 0.1) is 0 Å². The van der Waals surface area contributed by atoms with Gasteiger partial charge in [-0.3, -0.25) is 4.79 Å². The highest BCUT2D eigenvalue weighted by Crippen LogP contribution is 2.33. The standard InChI is InChI=1S/C14H15F3O3/c1-5-7-10(14(15,16)17)11(8(3)4)12(18)9(6-2)13(19)20/h5-7H,3H2,1-2,4H3,(H,19,20). The van der Waals surface area contributed by atoms with Crippen molar-refractivity contribution in [3.63, 3.8) is 0 Å². The third-order valence-corrected chi connectivity index (χ3v) is 2.33. The quantitative estimate of drug-likeness (QED) is 0.364. The number of rotatable bonds is 5. The molecule has 0 unspecified atom stereocenters. The maximum absolute atomic E-state index is 13.0. The lowest BCUT2D eigenvalue weighted by molar-refractivity contribution is -0.134. The Balaban J connectivity index is 6.32. The predicted octanol–water partition coefficient (Wildman–Crippen LogP) is 3.60. The van der Waals surface area contributed by atoms with Gasteiger partial charge in [0.25, 0.3) is 0 Å². The van der Waals surface area contributed by atoms with Crippen molar-refractivity contribution in [3.05, 3.63) is 47.1 Å². The Morgan fingerprint density at radius 3 is 1.95 bits per heavy atom. The molecule has 0 rings (SSSR count). The molecule has 0 heterocycles. The molecule has 0 saturated carbocycles. The second-order valence-corrected chi connectivity index (χ2v) is 3.90. The van der Waals surface area contributed by atoms with E-state index in [0.717, 1.165) is 18.2 Å². The van der Waals surface area contributed by atoms with Crippen molar-refractivity contribution in [2.24, 2.45) is 0 Å². The Kier molecular flexibility index (Phi) is 6.16. The zero-order valence-corrected chi connectivity index (χ0v) is 11.3. The molecule has 0 aromatic heterocycles. The molecule has 0 aliphatic rings. The maximum atomic E-state index is 13.0. The molecule has 6 heteroatoms. The number of alkyl halides is 3. The SMILES string of the molecule is C=C(C)C(C(=O)C(=CC)C(=O)O)=C(C=CC)C(F)(F)F. The van der Waals surface area contributed by atoms with E-state index in [0.29, 0.717) is 0 Å². The molecule has 110 valence electrons. The summed E-state index contributed by atoms with van der Waals surface area (Å²) in [6.45, 7) is 7.18. The number of carbonyl (C=O) groups is 2. The molecule has 0 spiro atoms. The normalized spacial score (nSPS) is 14.2. The molecule has 0 aliphatic carbocycles. The first-order valence-corrected chi connectivity index (χ1v) is 5.62. The summed E-state index contributed by atoms with van der Waals surface area (Å²) in [6.07, 6.45) is -1.99. The summed E-state index contributed by atoms with van der Waals surface area (Å²) in [4.78, 5) is 22.9. The zero-order valence-electron chi connectivity index (χ0n) is 11.3. The molecule has 3 nitrogen and oxygen atoms in total. The van der Waals surface area contributed by atoms with Gasteiger partial charge in [0.2, 0.25) is 5.78 Å². The fourth-order valence-corrected chi connectivity index (χ4v) is 1.52. The van der Waals surface area contributed by atoms with Crippen LogP contribution < -0.4 is 0 Å². The molecular weight excluding hydrogens is 273 g/mol. The first-order valence-electron chi connectivity index (χ1n) is 5.62. The highest BCUT2D eigenvalue weighted by atomic mass is 19.4. The van der Waals surface area contributed by atoms with E-state index in [1.807, 2.05) is 0 Å². The molecule has 0 aromatic carbocycles. The Hall–Kier alpha value is -2.11. The monoisotopic (exact) mass is 288 g/mol. The molecular formula is C14H15F3O3. The third-order valence-electron chi connectivity index (χ3n) is 2.33. The summed E-state index contributed by atoms with van der Waals surface area (Å²) in [7, 11) is 0. The first kappa shape index (κ1) is 17.9. The van der Waals surface area contributed by atoms with Gasteiger partial charge in [0.15, 0.2) is 0 Å². The lowest BCUT2D eigenvalue weighted by atomic mass is 9.92. The largest absolute Gasteiger partial charge is 0.478 e. The number of Topliss-reactive ketones (excluding diaryl/α,β-unsaturated/α-hetero) is 1. The smallest absolute Gasteiger partial charge is 0.417 e. The van der Waals surface area contributed by atoms with Crippen molar-refractivity contribution < 1.29 is 27.9 Å². The molecule has 20 heavy (non-hydrogen) atoms. The van der Waals surface area contributed by atoms with E-state index in [2.05, 4.69) is 6.58 Å². The molecule has 0 aromatic rings. The number of carboxylic acids is 1. The second-order valence-electron chi connectivity index (χ2n) is 3.90. The van der Waals surface area contributed by atoms with E-state index < -0.39 is 34.6 Å². The minimum absolute atomic E-state index is 0.152. The molecule has 1 N–H and O–H groups in total. The molecule has 0 aliphatic heterocycles. The molecule has 0 atom stereocenters. The molecule has 0 amide bonds. The number of hydrogen-bond acceptors (Lipinski definition) is 2. The van der Waals surface area contributed by atoms with Gasteiger partial charge in [-0.25, -0.2) is 4.79 Å². The van der Waals surface area contributed by atoms with Crippen LogP contribution in [-0.4, -0.2) is 23.0 Å². The number of hydrogen-bond donors (Lipinski definition) is 1. The van der Waals surface area contributed by atoms with E-state index in [-0.39, 0.29) is 5.57 Å². The van der Waals surface area contributed by atoms with Crippen LogP contribution in [0.5, 0.6) is 0 Å². The van der Waals surface area contributed by atoms with Crippen LogP contribution in [0.1, 0.15) is 20.8 Å². The number of ketones is 1. The second kappa shape index (κ2) is 6.88. The van der Waals surface area contributed by atoms with Crippen molar-refractivity contribution in [1.29, 1.82) is 0 Å². The van der Waals surface area contributed by atoms with Gasteiger partial charge in [0.05, 0.1) is 5.57 Å². The zero-order chi connectivity index (χ0) is 16.1. The van der Waals surface area contributed by atoms with Crippen LogP contribution in [-0.2, 0) is 9.59 Å². The van der Waals surface area contributed by atoms with Crippen molar-refractivity contribution in [2.45, 2.75) is 26.9 Å². The average molecular weight is 288 g/mol. The number of halogens is 3. The molecule has 0 fully saturated rings. The number of carbonyl (C=O) groups excluding carboxylic acids is 1. The van der Waals surface area contributed by atoms with Crippen LogP contribution >= 0.6 is 0 Å². The minimum Gasteiger partial charge on any atom is -0.478 e. The van der Waals surface area contributed by atoms with E-state index in [9.17, 15) is 22.8 Å². The van der Waals surface area contributed by atoms with E-state index in [4.69, 9.17) is 5.11 Å². The van der Waals surface area contributed by atoms with Gasteiger partial charge in [0.1, 0.15) is 5.57 Å². The Bertz CT molecular complexity index is 520. The number of aliphatic carboxylic acids is 1. The van der Waals surface area contributed by atoms with Gasteiger partial charge in [-0.15, -0.1) is 0 Å². The van der Waals surface area contributed by atoms with Gasteiger partial charge >= 0.3 is 12.1 Å². The van der Waals surface area contributed by atoms with Crippen LogP contribution in [0.3, 0.4) is 0 Å². The van der Waals surface area contributed by atoms with Gasteiger partial charge < -0.3 is 5.11 Å². The summed E-state index contributed by atoms with van der Waals surface area (Å²) in [5.74, 6) is -2.80. The highest BCUT2D eigenvalue weighted by molar-refractivity contribution is 6.25. The first-order chi connectivity index (χ1) is 9.07. The topological polar surface area (TPSA) is 54.4 Å². The van der Waals surface area contributed by atoms with Crippen molar-refractivity contribution >= 4 is 11.8 Å². The minimum atomic E-state index is -4.78. The summed E-state index contributed by atoms with van der Waals surface area (Å²) >= 11 is 0. The van der Waals surface area contributed by atoms with E-state index in [1.165, 1.54) is 20.8 Å². The number of allylic oxidation sites excluding steroid dienone is 6. The predicted molar refractivity (Wildman–Crippen MR) is 69.1 cm³/mol. The van der Waals surface area contributed by atoms with Gasteiger partial charge in [-0.2, -0.15) is 13.2 Å². The lowest BCUT2D eigenvalue weighted by Gasteiger charge is -2.15. The van der Waals surface area contributed by atoms with Crippen molar-refractivity contribution in [3.8, 4) is 0 Å². The van der Waals surface area contributed by atoms with Crippen LogP contribution in [0.15, 0.2) is 47.1 Å². The fraction of sp³-hybridized carbons (Fsp3) is 0.286. The Morgan fingerprint density at radius 2 is 1.70 bits per heavy atom. The van der Waals surface area contributed by atoms with E-state index >= 15 is 0 Å². The van der Waals surface area contributed by atoms with Gasteiger partial charge in [0, 0.05) is 5.57 Å². The van der Waals surface area contributed by atoms with Crippen LogP contribution in [0.2, 0.25) is 0 Å². The van der Waals surface area contributed by atoms with Crippen LogP contribution in [0.4, 0.5) is 13.2 Å². The van der Waals surface area contributed by atoms with E-state index in [1.54, 1.807) is 0 Å². The Morgan fingerprint density at radius 1 is 1.20 bits per heavy atom.